The Morgan fingerprint density at radius 1 is 1.06 bits per heavy atom. The van der Waals surface area contributed by atoms with E-state index in [9.17, 15) is 18.0 Å². The van der Waals surface area contributed by atoms with Crippen molar-refractivity contribution in [3.05, 3.63) is 0 Å². The highest BCUT2D eigenvalue weighted by molar-refractivity contribution is 7.92. The Hall–Kier alpha value is -1.11. The van der Waals surface area contributed by atoms with Gasteiger partial charge in [0.1, 0.15) is 5.75 Å². The van der Waals surface area contributed by atoms with Gasteiger partial charge in [-0.3, -0.25) is 9.59 Å². The van der Waals surface area contributed by atoms with Crippen LogP contribution in [0.15, 0.2) is 0 Å². The number of sulfone groups is 1. The molecule has 0 aromatic rings. The summed E-state index contributed by atoms with van der Waals surface area (Å²) in [5.41, 5.74) is 0. The van der Waals surface area contributed by atoms with E-state index < -0.39 is 32.8 Å². The van der Waals surface area contributed by atoms with Crippen molar-refractivity contribution in [2.45, 2.75) is 32.4 Å². The molecule has 0 rings (SSSR count). The molecule has 0 aliphatic rings. The maximum absolute atomic E-state index is 11.6. The Balaban J connectivity index is 4.40. The van der Waals surface area contributed by atoms with Crippen LogP contribution < -0.4 is 0 Å². The summed E-state index contributed by atoms with van der Waals surface area (Å²) < 4.78 is 32.5. The third-order valence-electron chi connectivity index (χ3n) is 2.00. The number of ether oxygens (including phenoxy) is 2. The second-order valence-electron chi connectivity index (χ2n) is 3.43. The van der Waals surface area contributed by atoms with Crippen molar-refractivity contribution in [2.24, 2.45) is 0 Å². The van der Waals surface area contributed by atoms with Gasteiger partial charge in [0.05, 0.1) is 24.9 Å². The summed E-state index contributed by atoms with van der Waals surface area (Å²) in [7, 11) is -3.67. The summed E-state index contributed by atoms with van der Waals surface area (Å²) in [6, 6.07) is 0. The molecule has 7 heteroatoms. The SMILES string of the molecule is CCOC(=O)CC(C)S(=O)(=O)CC(=O)OCC. The van der Waals surface area contributed by atoms with Gasteiger partial charge in [-0.25, -0.2) is 8.42 Å². The molecular weight excluding hydrogens is 248 g/mol. The minimum atomic E-state index is -3.67. The highest BCUT2D eigenvalue weighted by atomic mass is 32.2. The lowest BCUT2D eigenvalue weighted by molar-refractivity contribution is -0.143. The number of rotatable bonds is 7. The van der Waals surface area contributed by atoms with Crippen LogP contribution in [0.1, 0.15) is 27.2 Å². The average Bonchev–Trinajstić information content (AvgIpc) is 2.17. The second-order valence-corrected chi connectivity index (χ2v) is 5.85. The molecule has 0 fully saturated rings. The first kappa shape index (κ1) is 15.9. The van der Waals surface area contributed by atoms with Crippen LogP contribution in [0.4, 0.5) is 0 Å². The topological polar surface area (TPSA) is 86.7 Å². The number of esters is 2. The molecule has 0 amide bonds. The van der Waals surface area contributed by atoms with E-state index in [1.807, 2.05) is 0 Å². The predicted octanol–water partition coefficient (Wildman–Crippen LogP) is 0.306. The average molecular weight is 266 g/mol. The van der Waals surface area contributed by atoms with Gasteiger partial charge in [0.25, 0.3) is 0 Å². The molecule has 0 N–H and O–H groups in total. The number of carbonyl (C=O) groups excluding carboxylic acids is 2. The highest BCUT2D eigenvalue weighted by Crippen LogP contribution is 2.08. The number of hydrogen-bond acceptors (Lipinski definition) is 6. The molecule has 0 aromatic heterocycles. The van der Waals surface area contributed by atoms with Gasteiger partial charge in [0.15, 0.2) is 9.84 Å². The molecule has 1 unspecified atom stereocenters. The molecule has 0 saturated heterocycles. The van der Waals surface area contributed by atoms with E-state index in [4.69, 9.17) is 0 Å². The Morgan fingerprint density at radius 2 is 1.53 bits per heavy atom. The fourth-order valence-corrected chi connectivity index (χ4v) is 2.18. The van der Waals surface area contributed by atoms with Crippen LogP contribution in [0.3, 0.4) is 0 Å². The molecule has 0 spiro atoms. The molecule has 17 heavy (non-hydrogen) atoms. The van der Waals surface area contributed by atoms with Crippen molar-refractivity contribution >= 4 is 21.8 Å². The maximum Gasteiger partial charge on any atom is 0.321 e. The lowest BCUT2D eigenvalue weighted by Gasteiger charge is -2.11. The standard InChI is InChI=1S/C10H18O6S/c1-4-15-9(11)6-8(3)17(13,14)7-10(12)16-5-2/h8H,4-7H2,1-3H3. The quantitative estimate of drug-likeness (QED) is 0.616. The second kappa shape index (κ2) is 7.26. The fraction of sp³-hybridized carbons (Fsp3) is 0.800. The molecule has 6 nitrogen and oxygen atoms in total. The van der Waals surface area contributed by atoms with E-state index in [1.165, 1.54) is 6.92 Å². The first-order chi connectivity index (χ1) is 7.83. The van der Waals surface area contributed by atoms with Crippen LogP contribution in [-0.2, 0) is 28.9 Å². The molecule has 0 aliphatic carbocycles. The largest absolute Gasteiger partial charge is 0.466 e. The van der Waals surface area contributed by atoms with Crippen LogP contribution in [0.25, 0.3) is 0 Å². The number of carbonyl (C=O) groups is 2. The van der Waals surface area contributed by atoms with Crippen molar-refractivity contribution in [1.82, 2.24) is 0 Å². The molecule has 0 saturated carbocycles. The third kappa shape index (κ3) is 6.25. The van der Waals surface area contributed by atoms with Crippen LogP contribution in [0.5, 0.6) is 0 Å². The van der Waals surface area contributed by atoms with Gasteiger partial charge in [-0.15, -0.1) is 0 Å². The molecule has 0 radical (unpaired) electrons. The Morgan fingerprint density at radius 3 is 2.00 bits per heavy atom. The molecule has 0 heterocycles. The van der Waals surface area contributed by atoms with Crippen LogP contribution in [0.2, 0.25) is 0 Å². The summed E-state index contributed by atoms with van der Waals surface area (Å²) in [6.45, 7) is 4.91. The van der Waals surface area contributed by atoms with Gasteiger partial charge in [0.2, 0.25) is 0 Å². The van der Waals surface area contributed by atoms with Crippen molar-refractivity contribution in [1.29, 1.82) is 0 Å². The van der Waals surface area contributed by atoms with Gasteiger partial charge in [-0.2, -0.15) is 0 Å². The highest BCUT2D eigenvalue weighted by Gasteiger charge is 2.27. The van der Waals surface area contributed by atoms with Crippen molar-refractivity contribution in [2.75, 3.05) is 19.0 Å². The maximum atomic E-state index is 11.6. The van der Waals surface area contributed by atoms with Crippen LogP contribution >= 0.6 is 0 Å². The molecule has 0 aliphatic heterocycles. The summed E-state index contributed by atoms with van der Waals surface area (Å²) in [6.07, 6.45) is -0.254. The molecule has 100 valence electrons. The van der Waals surface area contributed by atoms with E-state index in [1.54, 1.807) is 13.8 Å². The normalized spacial score (nSPS) is 12.9. The minimum absolute atomic E-state index is 0.126. The molecule has 1 atom stereocenters. The lowest BCUT2D eigenvalue weighted by Crippen LogP contribution is -2.29. The van der Waals surface area contributed by atoms with Crippen molar-refractivity contribution in [3.8, 4) is 0 Å². The Bertz CT molecular complexity index is 359. The smallest absolute Gasteiger partial charge is 0.321 e. The zero-order valence-corrected chi connectivity index (χ0v) is 11.1. The molecule has 0 bridgehead atoms. The van der Waals surface area contributed by atoms with Gasteiger partial charge < -0.3 is 9.47 Å². The van der Waals surface area contributed by atoms with Gasteiger partial charge in [0, 0.05) is 0 Å². The van der Waals surface area contributed by atoms with Gasteiger partial charge in [-0.05, 0) is 20.8 Å². The fourth-order valence-electron chi connectivity index (χ4n) is 1.09. The van der Waals surface area contributed by atoms with Gasteiger partial charge in [-0.1, -0.05) is 0 Å². The predicted molar refractivity (Wildman–Crippen MR) is 61.1 cm³/mol. The van der Waals surface area contributed by atoms with Crippen molar-refractivity contribution in [3.63, 3.8) is 0 Å². The van der Waals surface area contributed by atoms with E-state index in [0.29, 0.717) is 0 Å². The summed E-state index contributed by atoms with van der Waals surface area (Å²) >= 11 is 0. The summed E-state index contributed by atoms with van der Waals surface area (Å²) in [5.74, 6) is -2.10. The van der Waals surface area contributed by atoms with E-state index >= 15 is 0 Å². The zero-order chi connectivity index (χ0) is 13.5. The number of hydrogen-bond donors (Lipinski definition) is 0. The first-order valence-electron chi connectivity index (χ1n) is 5.36. The van der Waals surface area contributed by atoms with E-state index in [2.05, 4.69) is 9.47 Å². The summed E-state index contributed by atoms with van der Waals surface area (Å²) in [5, 5.41) is -0.953. The first-order valence-corrected chi connectivity index (χ1v) is 7.07. The third-order valence-corrected chi connectivity index (χ3v) is 4.03. The zero-order valence-electron chi connectivity index (χ0n) is 10.3. The van der Waals surface area contributed by atoms with E-state index in [0.717, 1.165) is 0 Å². The van der Waals surface area contributed by atoms with Crippen LogP contribution in [0, 0.1) is 0 Å². The molecule has 0 aromatic carbocycles. The monoisotopic (exact) mass is 266 g/mol. The minimum Gasteiger partial charge on any atom is -0.466 e. The van der Waals surface area contributed by atoms with Gasteiger partial charge >= 0.3 is 11.9 Å². The summed E-state index contributed by atoms with van der Waals surface area (Å²) in [4.78, 5) is 22.2. The molecular formula is C10H18O6S. The van der Waals surface area contributed by atoms with Crippen LogP contribution in [-0.4, -0.2) is 44.6 Å². The Labute approximate surface area is 101 Å². The van der Waals surface area contributed by atoms with E-state index in [-0.39, 0.29) is 19.6 Å². The van der Waals surface area contributed by atoms with Crippen molar-refractivity contribution < 1.29 is 27.5 Å². The lowest BCUT2D eigenvalue weighted by atomic mass is 10.3. The Kier molecular flexibility index (Phi) is 6.79.